The van der Waals surface area contributed by atoms with Crippen LogP contribution >= 0.6 is 22.6 Å². The highest BCUT2D eigenvalue weighted by Gasteiger charge is 2.42. The molecule has 0 aliphatic carbocycles. The Morgan fingerprint density at radius 3 is 2.18 bits per heavy atom. The molecule has 11 heavy (non-hydrogen) atoms. The molecule has 3 aliphatic rings. The first kappa shape index (κ1) is 7.97. The van der Waals surface area contributed by atoms with Crippen molar-refractivity contribution in [3.05, 3.63) is 10.2 Å². The summed E-state index contributed by atoms with van der Waals surface area (Å²) in [6, 6.07) is 0. The monoisotopic (exact) mass is 268 g/mol. The number of ether oxygens (including phenoxy) is 3. The summed E-state index contributed by atoms with van der Waals surface area (Å²) in [5.74, 6) is -0.421. The van der Waals surface area contributed by atoms with Crippen molar-refractivity contribution in [1.29, 1.82) is 0 Å². The fourth-order valence-electron chi connectivity index (χ4n) is 1.19. The molecule has 4 heteroatoms. The molecular weight excluding hydrogens is 259 g/mol. The summed E-state index contributed by atoms with van der Waals surface area (Å²) in [4.78, 5) is 0. The van der Waals surface area contributed by atoms with Crippen molar-refractivity contribution in [2.75, 3.05) is 19.8 Å². The first-order valence-corrected chi connectivity index (χ1v) is 4.79. The van der Waals surface area contributed by atoms with E-state index < -0.39 is 5.97 Å². The average molecular weight is 268 g/mol. The van der Waals surface area contributed by atoms with Crippen LogP contribution in [0.25, 0.3) is 0 Å². The van der Waals surface area contributed by atoms with Gasteiger partial charge < -0.3 is 14.2 Å². The third-order valence-corrected chi connectivity index (χ3v) is 2.19. The Balaban J connectivity index is 2.11. The second-order valence-electron chi connectivity index (χ2n) is 2.70. The number of halogens is 1. The smallest absolute Gasteiger partial charge is 0.305 e. The molecule has 0 aromatic carbocycles. The lowest BCUT2D eigenvalue weighted by molar-refractivity contribution is -0.422. The first-order chi connectivity index (χ1) is 5.35. The minimum absolute atomic E-state index is 0.430. The summed E-state index contributed by atoms with van der Waals surface area (Å²) in [7, 11) is 0. The number of hydrogen-bond donors (Lipinski definition) is 0. The van der Waals surface area contributed by atoms with Crippen molar-refractivity contribution in [3.63, 3.8) is 0 Å². The van der Waals surface area contributed by atoms with Crippen LogP contribution in [0.5, 0.6) is 0 Å². The summed E-state index contributed by atoms with van der Waals surface area (Å²) in [5.41, 5.74) is 0. The molecule has 3 rings (SSSR count). The van der Waals surface area contributed by atoms with Gasteiger partial charge in [-0.3, -0.25) is 0 Å². The fraction of sp³-hybridized carbons (Fsp3) is 0.714. The Hall–Kier alpha value is 0.350. The predicted molar refractivity (Wildman–Crippen MR) is 47.2 cm³/mol. The zero-order valence-corrected chi connectivity index (χ0v) is 8.11. The molecule has 3 fully saturated rings. The molecule has 0 atom stereocenters. The van der Waals surface area contributed by atoms with E-state index in [0.29, 0.717) is 5.92 Å². The lowest BCUT2D eigenvalue weighted by Gasteiger charge is -2.43. The predicted octanol–water partition coefficient (Wildman–Crippen LogP) is 1.28. The molecule has 0 saturated carbocycles. The maximum absolute atomic E-state index is 5.37. The van der Waals surface area contributed by atoms with Gasteiger partial charge in [-0.1, -0.05) is 22.6 Å². The molecule has 2 bridgehead atoms. The van der Waals surface area contributed by atoms with Gasteiger partial charge in [0.2, 0.25) is 0 Å². The van der Waals surface area contributed by atoms with E-state index >= 15 is 0 Å². The van der Waals surface area contributed by atoms with Gasteiger partial charge >= 0.3 is 5.97 Å². The average Bonchev–Trinajstić information content (AvgIpc) is 2.07. The number of hydrogen-bond acceptors (Lipinski definition) is 3. The van der Waals surface area contributed by atoms with Crippen LogP contribution in [0.2, 0.25) is 0 Å². The normalized spacial score (nSPS) is 43.5. The molecule has 3 aliphatic heterocycles. The molecule has 0 spiro atoms. The second-order valence-corrected chi connectivity index (χ2v) is 3.41. The topological polar surface area (TPSA) is 27.7 Å². The van der Waals surface area contributed by atoms with Gasteiger partial charge in [-0.2, -0.15) is 0 Å². The number of rotatable bonds is 1. The van der Waals surface area contributed by atoms with Crippen LogP contribution in [0.1, 0.15) is 0 Å². The van der Waals surface area contributed by atoms with Gasteiger partial charge in [-0.05, 0) is 4.08 Å². The first-order valence-electron chi connectivity index (χ1n) is 3.54. The summed E-state index contributed by atoms with van der Waals surface area (Å²) in [6.45, 7) is 2.25. The van der Waals surface area contributed by atoms with Gasteiger partial charge in [0.15, 0.2) is 0 Å². The molecular formula is C7H9IO3. The zero-order valence-electron chi connectivity index (χ0n) is 5.96. The Kier molecular flexibility index (Phi) is 2.18. The van der Waals surface area contributed by atoms with Crippen molar-refractivity contribution in [2.45, 2.75) is 5.97 Å². The van der Waals surface area contributed by atoms with Crippen molar-refractivity contribution in [3.8, 4) is 0 Å². The molecule has 3 saturated heterocycles. The van der Waals surface area contributed by atoms with Crippen molar-refractivity contribution < 1.29 is 14.2 Å². The molecule has 0 unspecified atom stereocenters. The quantitative estimate of drug-likeness (QED) is 0.670. The maximum atomic E-state index is 5.37. The van der Waals surface area contributed by atoms with E-state index in [9.17, 15) is 0 Å². The van der Waals surface area contributed by atoms with Crippen molar-refractivity contribution in [1.82, 2.24) is 0 Å². The van der Waals surface area contributed by atoms with Crippen molar-refractivity contribution in [2.24, 2.45) is 5.92 Å². The SMILES string of the molecule is I/C=C/C12OCC(CO1)CO2. The Morgan fingerprint density at radius 2 is 1.73 bits per heavy atom. The second kappa shape index (κ2) is 3.01. The van der Waals surface area contributed by atoms with E-state index in [1.807, 2.05) is 4.08 Å². The Morgan fingerprint density at radius 1 is 1.18 bits per heavy atom. The molecule has 62 valence electrons. The fourth-order valence-corrected chi connectivity index (χ4v) is 1.63. The molecule has 0 amide bonds. The minimum atomic E-state index is -0.851. The standard InChI is InChI=1S/C7H9IO3/c8-2-1-7-9-3-6(4-10-7)5-11-7/h1-2,6H,3-5H2/b2-1+. The van der Waals surface area contributed by atoms with Crippen LogP contribution in [0.3, 0.4) is 0 Å². The zero-order chi connectivity index (χ0) is 7.73. The Labute approximate surface area is 78.8 Å². The highest BCUT2D eigenvalue weighted by atomic mass is 127. The molecule has 0 aromatic heterocycles. The van der Waals surface area contributed by atoms with Gasteiger partial charge in [-0.15, -0.1) is 0 Å². The maximum Gasteiger partial charge on any atom is 0.305 e. The van der Waals surface area contributed by atoms with E-state index in [2.05, 4.69) is 22.6 Å². The molecule has 0 aromatic rings. The van der Waals surface area contributed by atoms with Gasteiger partial charge in [0.05, 0.1) is 19.8 Å². The van der Waals surface area contributed by atoms with Gasteiger partial charge in [-0.25, -0.2) is 0 Å². The van der Waals surface area contributed by atoms with Crippen LogP contribution in [-0.4, -0.2) is 25.8 Å². The van der Waals surface area contributed by atoms with E-state index in [1.54, 1.807) is 6.08 Å². The van der Waals surface area contributed by atoms with Gasteiger partial charge in [0.1, 0.15) is 0 Å². The lowest BCUT2D eigenvalue weighted by atomic mass is 10.1. The van der Waals surface area contributed by atoms with Crippen LogP contribution < -0.4 is 0 Å². The minimum Gasteiger partial charge on any atom is -0.324 e. The Bertz CT molecular complexity index is 159. The van der Waals surface area contributed by atoms with E-state index in [0.717, 1.165) is 19.8 Å². The van der Waals surface area contributed by atoms with E-state index in [1.165, 1.54) is 0 Å². The van der Waals surface area contributed by atoms with Gasteiger partial charge in [0, 0.05) is 12.0 Å². The molecule has 0 radical (unpaired) electrons. The molecule has 0 N–H and O–H groups in total. The summed E-state index contributed by atoms with van der Waals surface area (Å²) < 4.78 is 18.0. The summed E-state index contributed by atoms with van der Waals surface area (Å²) >= 11 is 2.12. The van der Waals surface area contributed by atoms with Crippen LogP contribution in [0.4, 0.5) is 0 Å². The van der Waals surface area contributed by atoms with Gasteiger partial charge in [0.25, 0.3) is 0 Å². The number of fused-ring (bicyclic) bond motifs is 3. The summed E-state index contributed by atoms with van der Waals surface area (Å²) in [5, 5.41) is 0. The van der Waals surface area contributed by atoms with Crippen LogP contribution in [-0.2, 0) is 14.2 Å². The third kappa shape index (κ3) is 1.44. The molecule has 3 nitrogen and oxygen atoms in total. The summed E-state index contributed by atoms with van der Waals surface area (Å²) in [6.07, 6.45) is 1.79. The largest absolute Gasteiger partial charge is 0.324 e. The van der Waals surface area contributed by atoms with E-state index in [-0.39, 0.29) is 0 Å². The lowest BCUT2D eigenvalue weighted by Crippen LogP contribution is -2.52. The van der Waals surface area contributed by atoms with E-state index in [4.69, 9.17) is 14.2 Å². The highest BCUT2D eigenvalue weighted by molar-refractivity contribution is 14.1. The third-order valence-electron chi connectivity index (χ3n) is 1.83. The van der Waals surface area contributed by atoms with Crippen LogP contribution in [0, 0.1) is 5.92 Å². The van der Waals surface area contributed by atoms with Crippen molar-refractivity contribution >= 4 is 22.6 Å². The van der Waals surface area contributed by atoms with Crippen LogP contribution in [0.15, 0.2) is 10.2 Å². The highest BCUT2D eigenvalue weighted by Crippen LogP contribution is 2.31. The molecule has 3 heterocycles.